The van der Waals surface area contributed by atoms with Crippen molar-refractivity contribution in [3.8, 4) is 5.75 Å². The van der Waals surface area contributed by atoms with Gasteiger partial charge in [0.1, 0.15) is 5.75 Å². The lowest BCUT2D eigenvalue weighted by molar-refractivity contribution is 0.102. The van der Waals surface area contributed by atoms with Gasteiger partial charge in [-0.1, -0.05) is 57.7 Å². The number of rotatable bonds is 8. The Hall–Kier alpha value is -2.08. The first-order valence-corrected chi connectivity index (χ1v) is 11.4. The number of nitrogens with one attached hydrogen (secondary N) is 1. The van der Waals surface area contributed by atoms with Gasteiger partial charge in [0.05, 0.1) is 18.6 Å². The third-order valence-corrected chi connectivity index (χ3v) is 6.42. The molecule has 0 aliphatic heterocycles. The number of benzene rings is 1. The smallest absolute Gasteiger partial charge is 0.255 e. The van der Waals surface area contributed by atoms with Gasteiger partial charge >= 0.3 is 0 Å². The molecule has 0 bridgehead atoms. The molecule has 0 amide bonds. The molecular formula is C23H30N2O3S. The molecule has 1 aliphatic rings. The van der Waals surface area contributed by atoms with Crippen molar-refractivity contribution in [2.45, 2.75) is 63.4 Å². The van der Waals surface area contributed by atoms with Crippen LogP contribution in [0.15, 0.2) is 34.2 Å². The van der Waals surface area contributed by atoms with Gasteiger partial charge in [-0.3, -0.25) is 9.59 Å². The zero-order valence-electron chi connectivity index (χ0n) is 17.5. The topological polar surface area (TPSA) is 72.0 Å². The maximum Gasteiger partial charge on any atom is 0.255 e. The molecule has 1 aromatic heterocycles. The third-order valence-electron chi connectivity index (χ3n) is 5.55. The van der Waals surface area contributed by atoms with Crippen molar-refractivity contribution >= 4 is 17.5 Å². The van der Waals surface area contributed by atoms with E-state index in [1.807, 2.05) is 13.8 Å². The molecule has 0 unspecified atom stereocenters. The van der Waals surface area contributed by atoms with Gasteiger partial charge in [-0.25, -0.2) is 4.98 Å². The van der Waals surface area contributed by atoms with E-state index < -0.39 is 0 Å². The van der Waals surface area contributed by atoms with Crippen LogP contribution in [0.1, 0.15) is 73.5 Å². The number of hydrogen-bond donors (Lipinski definition) is 1. The van der Waals surface area contributed by atoms with Crippen molar-refractivity contribution in [2.24, 2.45) is 5.92 Å². The van der Waals surface area contributed by atoms with Crippen LogP contribution in [-0.2, 0) is 6.42 Å². The van der Waals surface area contributed by atoms with Gasteiger partial charge in [-0.15, -0.1) is 0 Å². The van der Waals surface area contributed by atoms with Crippen LogP contribution >= 0.6 is 11.8 Å². The van der Waals surface area contributed by atoms with Crippen LogP contribution in [0.4, 0.5) is 0 Å². The first kappa shape index (κ1) is 21.6. The van der Waals surface area contributed by atoms with Gasteiger partial charge < -0.3 is 9.72 Å². The predicted octanol–water partition coefficient (Wildman–Crippen LogP) is 5.00. The molecule has 0 radical (unpaired) electrons. The van der Waals surface area contributed by atoms with Crippen LogP contribution in [0.25, 0.3) is 0 Å². The molecule has 6 heteroatoms. The summed E-state index contributed by atoms with van der Waals surface area (Å²) in [5.41, 5.74) is 2.26. The summed E-state index contributed by atoms with van der Waals surface area (Å²) in [5.74, 6) is 1.69. The van der Waals surface area contributed by atoms with Crippen LogP contribution in [0.3, 0.4) is 0 Å². The molecule has 5 nitrogen and oxygen atoms in total. The molecule has 1 N–H and O–H groups in total. The summed E-state index contributed by atoms with van der Waals surface area (Å²) in [6.07, 6.45) is 7.13. The van der Waals surface area contributed by atoms with E-state index in [0.29, 0.717) is 16.6 Å². The van der Waals surface area contributed by atoms with Crippen LogP contribution in [0.2, 0.25) is 0 Å². The summed E-state index contributed by atoms with van der Waals surface area (Å²) in [6.45, 7) is 4.08. The average Bonchev–Trinajstić information content (AvgIpc) is 2.72. The summed E-state index contributed by atoms with van der Waals surface area (Å²) in [5, 5.41) is 0.534. The number of aromatic nitrogens is 2. The van der Waals surface area contributed by atoms with E-state index in [4.69, 9.17) is 9.72 Å². The van der Waals surface area contributed by atoms with Crippen LogP contribution < -0.4 is 10.3 Å². The number of ketones is 1. The minimum atomic E-state index is -0.0693. The number of carbonyl (C=O) groups is 1. The number of thioether (sulfide) groups is 1. The van der Waals surface area contributed by atoms with E-state index in [-0.39, 0.29) is 23.0 Å². The minimum Gasteiger partial charge on any atom is -0.497 e. The molecule has 1 heterocycles. The molecule has 1 saturated carbocycles. The zero-order chi connectivity index (χ0) is 20.8. The highest BCUT2D eigenvalue weighted by molar-refractivity contribution is 7.99. The number of H-pyrrole nitrogens is 1. The summed E-state index contributed by atoms with van der Waals surface area (Å²) in [4.78, 5) is 32.9. The van der Waals surface area contributed by atoms with Crippen LogP contribution in [-0.4, -0.2) is 28.6 Å². The van der Waals surface area contributed by atoms with Crippen molar-refractivity contribution in [1.29, 1.82) is 0 Å². The zero-order valence-corrected chi connectivity index (χ0v) is 18.3. The summed E-state index contributed by atoms with van der Waals surface area (Å²) in [6, 6.07) is 7.07. The maximum absolute atomic E-state index is 12.7. The fourth-order valence-corrected chi connectivity index (χ4v) is 4.76. The number of ether oxygens (including phenoxy) is 1. The molecule has 1 aliphatic carbocycles. The Labute approximate surface area is 176 Å². The monoisotopic (exact) mass is 414 g/mol. The number of methoxy groups -OCH3 is 1. The SMILES string of the molecule is COc1ccc(C(=O)CSc2nc(CC3CCCCC3)c(C(C)C)c(=O)[nH]2)cc1. The summed E-state index contributed by atoms with van der Waals surface area (Å²) < 4.78 is 5.13. The number of nitrogens with zero attached hydrogens (tertiary/aromatic N) is 1. The van der Waals surface area contributed by atoms with Crippen molar-refractivity contribution < 1.29 is 9.53 Å². The third kappa shape index (κ3) is 5.72. The lowest BCUT2D eigenvalue weighted by Gasteiger charge is -2.22. The van der Waals surface area contributed by atoms with Gasteiger partial charge in [0.2, 0.25) is 0 Å². The molecule has 156 valence electrons. The molecular weight excluding hydrogens is 384 g/mol. The Balaban J connectivity index is 1.74. The number of carbonyl (C=O) groups excluding carboxylic acids is 1. The molecule has 2 aromatic rings. The number of aromatic amines is 1. The Kier molecular flexibility index (Phi) is 7.53. The summed E-state index contributed by atoms with van der Waals surface area (Å²) in [7, 11) is 1.60. The number of Topliss-reactive ketones (excluding diaryl/α,β-unsaturated/α-hetero) is 1. The Morgan fingerprint density at radius 3 is 2.52 bits per heavy atom. The lowest BCUT2D eigenvalue weighted by Crippen LogP contribution is -2.22. The predicted molar refractivity (Wildman–Crippen MR) is 117 cm³/mol. The molecule has 0 atom stereocenters. The van der Waals surface area contributed by atoms with Crippen molar-refractivity contribution in [1.82, 2.24) is 9.97 Å². The van der Waals surface area contributed by atoms with Crippen LogP contribution in [0.5, 0.6) is 5.75 Å². The fraction of sp³-hybridized carbons (Fsp3) is 0.522. The van der Waals surface area contributed by atoms with E-state index in [0.717, 1.165) is 23.4 Å². The van der Waals surface area contributed by atoms with Crippen molar-refractivity contribution in [2.75, 3.05) is 12.9 Å². The lowest BCUT2D eigenvalue weighted by atomic mass is 9.84. The Morgan fingerprint density at radius 1 is 1.21 bits per heavy atom. The first-order valence-electron chi connectivity index (χ1n) is 10.4. The first-order chi connectivity index (χ1) is 14.0. The normalized spacial score (nSPS) is 14.9. The average molecular weight is 415 g/mol. The Morgan fingerprint density at radius 2 is 1.90 bits per heavy atom. The van der Waals surface area contributed by atoms with E-state index in [9.17, 15) is 9.59 Å². The van der Waals surface area contributed by atoms with E-state index >= 15 is 0 Å². The second kappa shape index (κ2) is 10.1. The van der Waals surface area contributed by atoms with E-state index in [2.05, 4.69) is 4.98 Å². The molecule has 1 aromatic carbocycles. The highest BCUT2D eigenvalue weighted by Gasteiger charge is 2.21. The fourth-order valence-electron chi connectivity index (χ4n) is 3.98. The van der Waals surface area contributed by atoms with Crippen molar-refractivity contribution in [3.63, 3.8) is 0 Å². The van der Waals surface area contributed by atoms with Gasteiger partial charge in [0, 0.05) is 11.1 Å². The Bertz CT molecular complexity index is 884. The molecule has 3 rings (SSSR count). The quantitative estimate of drug-likeness (QED) is 0.374. The maximum atomic E-state index is 12.7. The van der Waals surface area contributed by atoms with E-state index in [1.54, 1.807) is 31.4 Å². The van der Waals surface area contributed by atoms with Gasteiger partial charge in [-0.05, 0) is 42.5 Å². The molecule has 29 heavy (non-hydrogen) atoms. The van der Waals surface area contributed by atoms with Gasteiger partial charge in [0.25, 0.3) is 5.56 Å². The largest absolute Gasteiger partial charge is 0.497 e. The van der Waals surface area contributed by atoms with Crippen molar-refractivity contribution in [3.05, 3.63) is 51.4 Å². The second-order valence-electron chi connectivity index (χ2n) is 8.03. The molecule has 0 spiro atoms. The van der Waals surface area contributed by atoms with E-state index in [1.165, 1.54) is 43.9 Å². The van der Waals surface area contributed by atoms with Gasteiger partial charge in [0.15, 0.2) is 10.9 Å². The molecule has 1 fully saturated rings. The highest BCUT2D eigenvalue weighted by Crippen LogP contribution is 2.29. The molecule has 0 saturated heterocycles. The minimum absolute atomic E-state index is 0.00192. The number of hydrogen-bond acceptors (Lipinski definition) is 5. The van der Waals surface area contributed by atoms with Gasteiger partial charge in [-0.2, -0.15) is 0 Å². The summed E-state index contributed by atoms with van der Waals surface area (Å²) >= 11 is 1.30. The second-order valence-corrected chi connectivity index (χ2v) is 9.00. The van der Waals surface area contributed by atoms with Crippen LogP contribution in [0, 0.1) is 5.92 Å². The standard InChI is InChI=1S/C23H30N2O3S/c1-15(2)21-19(13-16-7-5-4-6-8-16)24-23(25-22(21)27)29-14-20(26)17-9-11-18(28-3)12-10-17/h9-12,15-16H,4-8,13-14H2,1-3H3,(H,24,25,27). The highest BCUT2D eigenvalue weighted by atomic mass is 32.2.